The summed E-state index contributed by atoms with van der Waals surface area (Å²) in [4.78, 5) is 24.2. The lowest BCUT2D eigenvalue weighted by atomic mass is 9.88. The van der Waals surface area contributed by atoms with E-state index in [1.165, 1.54) is 0 Å². The van der Waals surface area contributed by atoms with Crippen LogP contribution in [0, 0.1) is 0 Å². The molecule has 6 heteroatoms. The predicted molar refractivity (Wildman–Crippen MR) is 73.3 cm³/mol. The van der Waals surface area contributed by atoms with E-state index < -0.39 is 17.6 Å². The number of aliphatic hydroxyl groups is 1. The number of ether oxygens (including phenoxy) is 1. The van der Waals surface area contributed by atoms with Crippen molar-refractivity contribution in [1.82, 2.24) is 5.32 Å². The Kier molecular flexibility index (Phi) is 3.27. The molecule has 0 saturated carbocycles. The number of aliphatic carboxylic acids is 1. The van der Waals surface area contributed by atoms with Crippen molar-refractivity contribution in [1.29, 1.82) is 0 Å². The van der Waals surface area contributed by atoms with Crippen LogP contribution in [0.2, 0.25) is 0 Å². The monoisotopic (exact) mass is 289 g/mol. The van der Waals surface area contributed by atoms with Gasteiger partial charge in [0.15, 0.2) is 5.78 Å². The van der Waals surface area contributed by atoms with Crippen LogP contribution in [0.1, 0.15) is 12.0 Å². The maximum atomic E-state index is 12.8. The first-order chi connectivity index (χ1) is 10.1. The van der Waals surface area contributed by atoms with Gasteiger partial charge in [-0.3, -0.25) is 4.79 Å². The molecule has 2 atom stereocenters. The summed E-state index contributed by atoms with van der Waals surface area (Å²) >= 11 is 0. The van der Waals surface area contributed by atoms with Crippen molar-refractivity contribution in [2.75, 3.05) is 13.2 Å². The largest absolute Gasteiger partial charge is 0.477 e. The Morgan fingerprint density at radius 1 is 1.38 bits per heavy atom. The van der Waals surface area contributed by atoms with Crippen molar-refractivity contribution in [3.05, 3.63) is 41.6 Å². The molecule has 0 unspecified atom stereocenters. The average Bonchev–Trinajstić information content (AvgIpc) is 3.04. The molecular weight excluding hydrogens is 274 g/mol. The van der Waals surface area contributed by atoms with Crippen molar-refractivity contribution in [2.45, 2.75) is 18.1 Å². The lowest BCUT2D eigenvalue weighted by Gasteiger charge is -2.21. The van der Waals surface area contributed by atoms with E-state index in [0.717, 1.165) is 0 Å². The van der Waals surface area contributed by atoms with Gasteiger partial charge in [0.25, 0.3) is 0 Å². The highest BCUT2D eigenvalue weighted by Gasteiger charge is 2.53. The third-order valence-corrected chi connectivity index (χ3v) is 3.90. The van der Waals surface area contributed by atoms with Crippen molar-refractivity contribution >= 4 is 17.3 Å². The second kappa shape index (κ2) is 4.98. The first-order valence-electron chi connectivity index (χ1n) is 6.66. The molecule has 2 aliphatic heterocycles. The standard InChI is InChI=1S/C15H15NO5/c17-7-10-6-15(8-21-10)13(18)11(12(16-15)14(19)20)9-4-2-1-3-5-9/h1-5,10,16-17H,6-8H2,(H,19,20)/t10-,15-/m0/s1. The Morgan fingerprint density at radius 2 is 2.10 bits per heavy atom. The Bertz CT molecular complexity index is 624. The molecule has 0 amide bonds. The number of aliphatic hydroxyl groups excluding tert-OH is 1. The summed E-state index contributed by atoms with van der Waals surface area (Å²) in [6, 6.07) is 8.71. The van der Waals surface area contributed by atoms with Crippen LogP contribution >= 0.6 is 0 Å². The first-order valence-corrected chi connectivity index (χ1v) is 6.66. The van der Waals surface area contributed by atoms with Crippen LogP contribution in [0.5, 0.6) is 0 Å². The Balaban J connectivity index is 2.02. The number of Topliss-reactive ketones (excluding diaryl/α,β-unsaturated/α-hetero) is 1. The van der Waals surface area contributed by atoms with E-state index in [1.807, 2.05) is 0 Å². The molecule has 1 aromatic rings. The highest BCUT2D eigenvalue weighted by atomic mass is 16.5. The molecular formula is C15H15NO5. The van der Waals surface area contributed by atoms with Gasteiger partial charge in [-0.2, -0.15) is 0 Å². The van der Waals surface area contributed by atoms with Crippen LogP contribution in [-0.2, 0) is 14.3 Å². The minimum Gasteiger partial charge on any atom is -0.477 e. The summed E-state index contributed by atoms with van der Waals surface area (Å²) < 4.78 is 5.37. The summed E-state index contributed by atoms with van der Waals surface area (Å²) in [6.07, 6.45) is -0.193. The summed E-state index contributed by atoms with van der Waals surface area (Å²) in [5.74, 6) is -1.46. The van der Waals surface area contributed by atoms with Gasteiger partial charge in [0.2, 0.25) is 0 Å². The number of ketones is 1. The number of carbonyl (C=O) groups excluding carboxylic acids is 1. The van der Waals surface area contributed by atoms with E-state index in [0.29, 0.717) is 5.56 Å². The molecule has 6 nitrogen and oxygen atoms in total. The molecule has 21 heavy (non-hydrogen) atoms. The van der Waals surface area contributed by atoms with E-state index in [2.05, 4.69) is 5.32 Å². The number of nitrogens with one attached hydrogen (secondary N) is 1. The molecule has 0 radical (unpaired) electrons. The van der Waals surface area contributed by atoms with Gasteiger partial charge in [-0.25, -0.2) is 4.79 Å². The van der Waals surface area contributed by atoms with E-state index in [-0.39, 0.29) is 36.7 Å². The fourth-order valence-corrected chi connectivity index (χ4v) is 2.88. The maximum absolute atomic E-state index is 12.8. The molecule has 2 heterocycles. The van der Waals surface area contributed by atoms with Gasteiger partial charge in [-0.05, 0) is 5.56 Å². The van der Waals surface area contributed by atoms with Crippen molar-refractivity contribution in [3.8, 4) is 0 Å². The van der Waals surface area contributed by atoms with Gasteiger partial charge >= 0.3 is 5.97 Å². The summed E-state index contributed by atoms with van der Waals surface area (Å²) in [5, 5.41) is 21.3. The number of hydrogen-bond donors (Lipinski definition) is 3. The smallest absolute Gasteiger partial charge is 0.352 e. The molecule has 1 fully saturated rings. The van der Waals surface area contributed by atoms with Gasteiger partial charge in [0.05, 0.1) is 24.9 Å². The molecule has 1 spiro atoms. The van der Waals surface area contributed by atoms with Crippen LogP contribution in [0.3, 0.4) is 0 Å². The minimum absolute atomic E-state index is 0.0597. The van der Waals surface area contributed by atoms with Crippen molar-refractivity contribution in [3.63, 3.8) is 0 Å². The third-order valence-electron chi connectivity index (χ3n) is 3.90. The lowest BCUT2D eigenvalue weighted by Crippen LogP contribution is -2.48. The van der Waals surface area contributed by atoms with Crippen LogP contribution in [0.15, 0.2) is 36.0 Å². The van der Waals surface area contributed by atoms with Gasteiger partial charge in [-0.1, -0.05) is 30.3 Å². The molecule has 110 valence electrons. The zero-order valence-corrected chi connectivity index (χ0v) is 11.2. The van der Waals surface area contributed by atoms with Gasteiger partial charge in [0, 0.05) is 6.42 Å². The third kappa shape index (κ3) is 2.12. The Hall–Kier alpha value is -2.18. The number of rotatable bonds is 3. The molecule has 0 aromatic heterocycles. The molecule has 0 aliphatic carbocycles. The minimum atomic E-state index is -1.17. The van der Waals surface area contributed by atoms with Crippen molar-refractivity contribution in [2.24, 2.45) is 0 Å². The zero-order chi connectivity index (χ0) is 15.0. The molecule has 3 N–H and O–H groups in total. The van der Waals surface area contributed by atoms with E-state index >= 15 is 0 Å². The predicted octanol–water partition coefficient (Wildman–Crippen LogP) is 0.175. The first kappa shape index (κ1) is 13.8. The summed E-state index contributed by atoms with van der Waals surface area (Å²) in [7, 11) is 0. The molecule has 0 bridgehead atoms. The second-order valence-electron chi connectivity index (χ2n) is 5.28. The average molecular weight is 289 g/mol. The van der Waals surface area contributed by atoms with E-state index in [1.54, 1.807) is 30.3 Å². The van der Waals surface area contributed by atoms with Gasteiger partial charge in [0.1, 0.15) is 11.2 Å². The van der Waals surface area contributed by atoms with E-state index in [9.17, 15) is 14.7 Å². The molecule has 1 aromatic carbocycles. The van der Waals surface area contributed by atoms with Crippen molar-refractivity contribution < 1.29 is 24.5 Å². The highest BCUT2D eigenvalue weighted by molar-refractivity contribution is 6.32. The zero-order valence-electron chi connectivity index (χ0n) is 11.2. The van der Waals surface area contributed by atoms with Crippen LogP contribution in [0.25, 0.3) is 5.57 Å². The summed E-state index contributed by atoms with van der Waals surface area (Å²) in [6.45, 7) is -0.135. The SMILES string of the molecule is O=C(O)C1=C(c2ccccc2)C(=O)[C@]2(CO[C@H](CO)C2)N1. The van der Waals surface area contributed by atoms with Crippen LogP contribution in [0.4, 0.5) is 0 Å². The fourth-order valence-electron chi connectivity index (χ4n) is 2.88. The van der Waals surface area contributed by atoms with Crippen LogP contribution < -0.4 is 5.32 Å². The van der Waals surface area contributed by atoms with E-state index in [4.69, 9.17) is 9.84 Å². The number of carboxylic acids is 1. The highest BCUT2D eigenvalue weighted by Crippen LogP contribution is 2.38. The number of carbonyl (C=O) groups is 2. The molecule has 2 aliphatic rings. The topological polar surface area (TPSA) is 95.9 Å². The number of benzene rings is 1. The Morgan fingerprint density at radius 3 is 2.67 bits per heavy atom. The Labute approximate surface area is 121 Å². The number of hydrogen-bond acceptors (Lipinski definition) is 5. The number of carboxylic acid groups (broad SMARTS) is 1. The van der Waals surface area contributed by atoms with Crippen LogP contribution in [-0.4, -0.2) is 46.8 Å². The fraction of sp³-hybridized carbons (Fsp3) is 0.333. The molecule has 3 rings (SSSR count). The molecule has 1 saturated heterocycles. The maximum Gasteiger partial charge on any atom is 0.352 e. The van der Waals surface area contributed by atoms with Gasteiger partial charge < -0.3 is 20.3 Å². The quantitative estimate of drug-likeness (QED) is 0.734. The van der Waals surface area contributed by atoms with Gasteiger partial charge in [-0.15, -0.1) is 0 Å². The lowest BCUT2D eigenvalue weighted by molar-refractivity contribution is -0.133. The summed E-state index contributed by atoms with van der Waals surface area (Å²) in [5.41, 5.74) is -0.442. The normalized spacial score (nSPS) is 28.2. The second-order valence-corrected chi connectivity index (χ2v) is 5.28.